The standard InChI is InChI=1S/C18H18N6O6S/c1-4-29-17(27)11-9(2)12(15(26)19-3)31-16(11)22-10(25)8-24-14(23-30-18(24)28)13-20-6-5-7-21-13/h5-7H,4,8H2,1-3H3,(H,19,26)(H,22,25). The van der Waals surface area contributed by atoms with Gasteiger partial charge in [-0.3, -0.25) is 14.1 Å². The maximum atomic E-state index is 12.7. The van der Waals surface area contributed by atoms with Crippen LogP contribution in [0.5, 0.6) is 0 Å². The van der Waals surface area contributed by atoms with Gasteiger partial charge < -0.3 is 15.4 Å². The summed E-state index contributed by atoms with van der Waals surface area (Å²) in [4.78, 5) is 57.5. The Kier molecular flexibility index (Phi) is 6.55. The first-order valence-electron chi connectivity index (χ1n) is 9.03. The zero-order valence-corrected chi connectivity index (χ0v) is 17.6. The largest absolute Gasteiger partial charge is 0.462 e. The minimum absolute atomic E-state index is 0.0280. The van der Waals surface area contributed by atoms with E-state index in [2.05, 4.69) is 30.3 Å². The molecule has 0 atom stereocenters. The number of carbonyl (C=O) groups excluding carboxylic acids is 3. The molecular formula is C18H18N6O6S. The number of esters is 1. The van der Waals surface area contributed by atoms with Crippen LogP contribution >= 0.6 is 11.3 Å². The fourth-order valence-electron chi connectivity index (χ4n) is 2.67. The van der Waals surface area contributed by atoms with Crippen molar-refractivity contribution in [1.29, 1.82) is 0 Å². The molecular weight excluding hydrogens is 428 g/mol. The molecule has 0 aromatic carbocycles. The number of anilines is 1. The second-order valence-electron chi connectivity index (χ2n) is 6.04. The number of hydrogen-bond donors (Lipinski definition) is 2. The predicted octanol–water partition coefficient (Wildman–Crippen LogP) is 0.838. The van der Waals surface area contributed by atoms with E-state index in [4.69, 9.17) is 4.74 Å². The van der Waals surface area contributed by atoms with E-state index in [1.807, 2.05) is 0 Å². The Balaban J connectivity index is 1.91. The van der Waals surface area contributed by atoms with Crippen molar-refractivity contribution in [1.82, 2.24) is 25.0 Å². The Labute approximate surface area is 179 Å². The molecule has 3 aromatic rings. The summed E-state index contributed by atoms with van der Waals surface area (Å²) in [7, 11) is 1.45. The summed E-state index contributed by atoms with van der Waals surface area (Å²) >= 11 is 0.923. The third kappa shape index (κ3) is 4.50. The maximum Gasteiger partial charge on any atom is 0.442 e. The summed E-state index contributed by atoms with van der Waals surface area (Å²) in [5, 5.41) is 8.79. The number of rotatable bonds is 7. The van der Waals surface area contributed by atoms with E-state index < -0.39 is 30.1 Å². The van der Waals surface area contributed by atoms with Gasteiger partial charge in [0.1, 0.15) is 11.5 Å². The molecule has 0 fully saturated rings. The Morgan fingerprint density at radius 3 is 2.61 bits per heavy atom. The average molecular weight is 446 g/mol. The highest BCUT2D eigenvalue weighted by atomic mass is 32.1. The molecule has 2 amide bonds. The van der Waals surface area contributed by atoms with E-state index >= 15 is 0 Å². The smallest absolute Gasteiger partial charge is 0.442 e. The second kappa shape index (κ2) is 9.30. The van der Waals surface area contributed by atoms with E-state index in [0.717, 1.165) is 15.9 Å². The highest BCUT2D eigenvalue weighted by Gasteiger charge is 2.27. The van der Waals surface area contributed by atoms with Gasteiger partial charge in [0.25, 0.3) is 5.91 Å². The van der Waals surface area contributed by atoms with E-state index in [1.54, 1.807) is 19.9 Å². The minimum atomic E-state index is -0.878. The molecule has 162 valence electrons. The number of nitrogens with one attached hydrogen (secondary N) is 2. The zero-order chi connectivity index (χ0) is 22.5. The van der Waals surface area contributed by atoms with Gasteiger partial charge in [-0.2, -0.15) is 0 Å². The molecule has 0 aliphatic heterocycles. The van der Waals surface area contributed by atoms with Gasteiger partial charge in [0.05, 0.1) is 17.0 Å². The van der Waals surface area contributed by atoms with Crippen molar-refractivity contribution >= 4 is 34.1 Å². The molecule has 0 aliphatic carbocycles. The number of carbonyl (C=O) groups is 3. The zero-order valence-electron chi connectivity index (χ0n) is 16.8. The van der Waals surface area contributed by atoms with Crippen molar-refractivity contribution in [3.63, 3.8) is 0 Å². The molecule has 3 heterocycles. The lowest BCUT2D eigenvalue weighted by atomic mass is 10.1. The van der Waals surface area contributed by atoms with Gasteiger partial charge in [-0.25, -0.2) is 24.1 Å². The molecule has 13 heteroatoms. The van der Waals surface area contributed by atoms with Crippen LogP contribution in [0.2, 0.25) is 0 Å². The van der Waals surface area contributed by atoms with Crippen LogP contribution < -0.4 is 16.4 Å². The first-order chi connectivity index (χ1) is 14.9. The summed E-state index contributed by atoms with van der Waals surface area (Å²) < 4.78 is 10.6. The van der Waals surface area contributed by atoms with Crippen LogP contribution in [-0.2, 0) is 16.1 Å². The van der Waals surface area contributed by atoms with Crippen LogP contribution in [0.3, 0.4) is 0 Å². The summed E-state index contributed by atoms with van der Waals surface area (Å²) in [6.07, 6.45) is 2.90. The van der Waals surface area contributed by atoms with Crippen LogP contribution in [-0.4, -0.2) is 51.1 Å². The maximum absolute atomic E-state index is 12.7. The van der Waals surface area contributed by atoms with Crippen LogP contribution in [0, 0.1) is 6.92 Å². The van der Waals surface area contributed by atoms with Gasteiger partial charge in [0.2, 0.25) is 11.7 Å². The van der Waals surface area contributed by atoms with Gasteiger partial charge in [-0.1, -0.05) is 5.16 Å². The highest BCUT2D eigenvalue weighted by Crippen LogP contribution is 2.33. The van der Waals surface area contributed by atoms with Crippen molar-refractivity contribution in [2.75, 3.05) is 19.0 Å². The molecule has 3 rings (SSSR count). The topological polar surface area (TPSA) is 158 Å². The Hall–Kier alpha value is -3.87. The molecule has 0 spiro atoms. The fourth-order valence-corrected chi connectivity index (χ4v) is 3.83. The summed E-state index contributed by atoms with van der Waals surface area (Å²) in [5.41, 5.74) is 0.446. The third-order valence-electron chi connectivity index (χ3n) is 4.07. The molecule has 2 N–H and O–H groups in total. The van der Waals surface area contributed by atoms with Gasteiger partial charge >= 0.3 is 11.7 Å². The number of hydrogen-bond acceptors (Lipinski definition) is 10. The summed E-state index contributed by atoms with van der Waals surface area (Å²) in [5.74, 6) is -2.55. The van der Waals surface area contributed by atoms with Crippen molar-refractivity contribution in [3.05, 3.63) is 45.0 Å². The lowest BCUT2D eigenvalue weighted by Gasteiger charge is -2.07. The number of ether oxygens (including phenoxy) is 1. The van der Waals surface area contributed by atoms with Crippen molar-refractivity contribution in [2.45, 2.75) is 20.4 Å². The molecule has 3 aromatic heterocycles. The quantitative estimate of drug-likeness (QED) is 0.501. The van der Waals surface area contributed by atoms with E-state index in [9.17, 15) is 19.2 Å². The predicted molar refractivity (Wildman–Crippen MR) is 109 cm³/mol. The van der Waals surface area contributed by atoms with Gasteiger partial charge in [-0.05, 0) is 25.5 Å². The molecule has 0 saturated heterocycles. The average Bonchev–Trinajstić information content (AvgIpc) is 3.28. The summed E-state index contributed by atoms with van der Waals surface area (Å²) in [6, 6.07) is 1.58. The molecule has 0 aliphatic rings. The summed E-state index contributed by atoms with van der Waals surface area (Å²) in [6.45, 7) is 2.86. The van der Waals surface area contributed by atoms with Crippen LogP contribution in [0.25, 0.3) is 11.6 Å². The van der Waals surface area contributed by atoms with Crippen LogP contribution in [0.1, 0.15) is 32.5 Å². The molecule has 0 radical (unpaired) electrons. The Bertz CT molecular complexity index is 1180. The first kappa shape index (κ1) is 21.8. The van der Waals surface area contributed by atoms with Crippen LogP contribution in [0.4, 0.5) is 5.00 Å². The van der Waals surface area contributed by atoms with E-state index in [1.165, 1.54) is 19.4 Å². The normalized spacial score (nSPS) is 10.5. The fraction of sp³-hybridized carbons (Fsp3) is 0.278. The molecule has 12 nitrogen and oxygen atoms in total. The van der Waals surface area contributed by atoms with Crippen molar-refractivity contribution in [3.8, 4) is 11.6 Å². The van der Waals surface area contributed by atoms with E-state index in [0.29, 0.717) is 5.56 Å². The highest BCUT2D eigenvalue weighted by molar-refractivity contribution is 7.18. The van der Waals surface area contributed by atoms with Crippen molar-refractivity contribution in [2.24, 2.45) is 0 Å². The molecule has 31 heavy (non-hydrogen) atoms. The first-order valence-corrected chi connectivity index (χ1v) is 9.85. The number of thiophene rings is 1. The minimum Gasteiger partial charge on any atom is -0.462 e. The van der Waals surface area contributed by atoms with Crippen molar-refractivity contribution < 1.29 is 23.6 Å². The van der Waals surface area contributed by atoms with Gasteiger partial charge in [0.15, 0.2) is 5.82 Å². The second-order valence-corrected chi connectivity index (χ2v) is 7.06. The molecule has 0 saturated carbocycles. The number of amides is 2. The SMILES string of the molecule is CCOC(=O)c1c(NC(=O)Cn2c(-c3ncccn3)noc2=O)sc(C(=O)NC)c1C. The van der Waals surface area contributed by atoms with Crippen LogP contribution in [0.15, 0.2) is 27.8 Å². The Morgan fingerprint density at radius 2 is 1.97 bits per heavy atom. The lowest BCUT2D eigenvalue weighted by molar-refractivity contribution is -0.116. The van der Waals surface area contributed by atoms with Gasteiger partial charge in [-0.15, -0.1) is 11.3 Å². The third-order valence-corrected chi connectivity index (χ3v) is 5.27. The molecule has 0 bridgehead atoms. The lowest BCUT2D eigenvalue weighted by Crippen LogP contribution is -2.26. The number of nitrogens with zero attached hydrogens (tertiary/aromatic N) is 4. The van der Waals surface area contributed by atoms with E-state index in [-0.39, 0.29) is 33.7 Å². The Morgan fingerprint density at radius 1 is 1.26 bits per heavy atom. The number of aromatic nitrogens is 4. The monoisotopic (exact) mass is 446 g/mol. The molecule has 0 unspecified atom stereocenters. The van der Waals surface area contributed by atoms with Gasteiger partial charge in [0, 0.05) is 19.4 Å².